The highest BCUT2D eigenvalue weighted by atomic mass is 35.5. The van der Waals surface area contributed by atoms with Gasteiger partial charge in [-0.1, -0.05) is 36.4 Å². The SMILES string of the molecule is COC.Cc1ncccc1CNc1ccccc1-c1ccc(F)cc1.Cl.[HH]. The zero-order valence-electron chi connectivity index (χ0n) is 15.2. The van der Waals surface area contributed by atoms with Gasteiger partial charge < -0.3 is 10.1 Å². The summed E-state index contributed by atoms with van der Waals surface area (Å²) in [6.07, 6.45) is 1.80. The Bertz CT molecular complexity index is 800. The number of rotatable bonds is 4. The zero-order chi connectivity index (χ0) is 18.1. The first kappa shape index (κ1) is 21.6. The van der Waals surface area contributed by atoms with E-state index >= 15 is 0 Å². The molecule has 0 saturated carbocycles. The first-order valence-corrected chi connectivity index (χ1v) is 8.05. The third-order valence-electron chi connectivity index (χ3n) is 3.67. The lowest BCUT2D eigenvalue weighted by molar-refractivity contribution is 0.277. The van der Waals surface area contributed by atoms with Crippen LogP contribution in [0.4, 0.5) is 10.1 Å². The smallest absolute Gasteiger partial charge is 0.123 e. The van der Waals surface area contributed by atoms with Gasteiger partial charge in [0, 0.05) is 45.3 Å². The molecule has 0 aliphatic carbocycles. The molecule has 0 aliphatic heterocycles. The summed E-state index contributed by atoms with van der Waals surface area (Å²) in [5.41, 5.74) is 5.26. The molecule has 0 bridgehead atoms. The van der Waals surface area contributed by atoms with Gasteiger partial charge in [0.1, 0.15) is 5.82 Å². The fourth-order valence-electron chi connectivity index (χ4n) is 2.41. The van der Waals surface area contributed by atoms with Gasteiger partial charge in [-0.05, 0) is 42.3 Å². The first-order chi connectivity index (χ1) is 12.2. The Labute approximate surface area is 162 Å². The maximum atomic E-state index is 13.1. The Balaban J connectivity index is 0.00000127. The van der Waals surface area contributed by atoms with E-state index in [4.69, 9.17) is 0 Å². The molecule has 0 spiro atoms. The Morgan fingerprint density at radius 3 is 2.31 bits per heavy atom. The Morgan fingerprint density at radius 1 is 1.00 bits per heavy atom. The third kappa shape index (κ3) is 6.14. The van der Waals surface area contributed by atoms with Gasteiger partial charge in [0.15, 0.2) is 0 Å². The average molecular weight is 377 g/mol. The van der Waals surface area contributed by atoms with Crippen LogP contribution in [0.2, 0.25) is 0 Å². The lowest BCUT2D eigenvalue weighted by atomic mass is 10.0. The highest BCUT2D eigenvalue weighted by Gasteiger charge is 2.05. The number of halogens is 2. The second kappa shape index (κ2) is 11.2. The molecule has 0 atom stereocenters. The van der Waals surface area contributed by atoms with E-state index in [9.17, 15) is 4.39 Å². The van der Waals surface area contributed by atoms with Crippen molar-refractivity contribution in [2.75, 3.05) is 19.5 Å². The maximum absolute atomic E-state index is 13.1. The van der Waals surface area contributed by atoms with Crippen molar-refractivity contribution in [2.45, 2.75) is 13.5 Å². The number of anilines is 1. The van der Waals surface area contributed by atoms with Gasteiger partial charge in [-0.15, -0.1) is 12.4 Å². The molecule has 3 rings (SSSR count). The molecule has 0 fully saturated rings. The van der Waals surface area contributed by atoms with Crippen LogP contribution >= 0.6 is 12.4 Å². The predicted octanol–water partition coefficient (Wildman–Crippen LogP) is 5.74. The van der Waals surface area contributed by atoms with Crippen LogP contribution in [-0.4, -0.2) is 19.2 Å². The van der Waals surface area contributed by atoms with Crippen molar-refractivity contribution in [3.8, 4) is 11.1 Å². The summed E-state index contributed by atoms with van der Waals surface area (Å²) in [6, 6.07) is 18.6. The number of aryl methyl sites for hydroxylation is 1. The van der Waals surface area contributed by atoms with Crippen LogP contribution in [-0.2, 0) is 11.3 Å². The standard InChI is InChI=1S/C19H17FN2.C2H6O.ClH.H2/c1-14-16(5-4-12-21-14)13-22-19-7-3-2-6-18(19)15-8-10-17(20)11-9-15;1-3-2;;/h2-12,22H,13H2,1H3;1-2H3;2*1H. The van der Waals surface area contributed by atoms with E-state index in [0.29, 0.717) is 6.54 Å². The normalized spacial score (nSPS) is 9.54. The van der Waals surface area contributed by atoms with Crippen LogP contribution in [0.5, 0.6) is 0 Å². The van der Waals surface area contributed by atoms with Crippen molar-refractivity contribution in [1.29, 1.82) is 0 Å². The molecule has 1 N–H and O–H groups in total. The van der Waals surface area contributed by atoms with E-state index in [2.05, 4.69) is 21.1 Å². The molecule has 0 unspecified atom stereocenters. The number of pyridine rings is 1. The number of nitrogens with zero attached hydrogens (tertiary/aromatic N) is 1. The number of methoxy groups -OCH3 is 1. The molecule has 1 heterocycles. The van der Waals surface area contributed by atoms with Gasteiger partial charge >= 0.3 is 0 Å². The second-order valence-corrected chi connectivity index (χ2v) is 5.56. The number of ether oxygens (including phenoxy) is 1. The summed E-state index contributed by atoms with van der Waals surface area (Å²) < 4.78 is 17.3. The van der Waals surface area contributed by atoms with Crippen LogP contribution in [0.25, 0.3) is 11.1 Å². The molecular weight excluding hydrogens is 351 g/mol. The largest absolute Gasteiger partial charge is 0.388 e. The van der Waals surface area contributed by atoms with Crippen LogP contribution in [0.3, 0.4) is 0 Å². The summed E-state index contributed by atoms with van der Waals surface area (Å²) >= 11 is 0. The Morgan fingerprint density at radius 2 is 1.65 bits per heavy atom. The fraction of sp³-hybridized carbons (Fsp3) is 0.190. The van der Waals surface area contributed by atoms with Crippen molar-refractivity contribution in [1.82, 2.24) is 4.98 Å². The molecule has 5 heteroatoms. The van der Waals surface area contributed by atoms with Crippen molar-refractivity contribution >= 4 is 18.1 Å². The van der Waals surface area contributed by atoms with E-state index in [1.165, 1.54) is 12.1 Å². The van der Waals surface area contributed by atoms with E-state index < -0.39 is 0 Å². The van der Waals surface area contributed by atoms with Gasteiger partial charge in [-0.25, -0.2) is 4.39 Å². The zero-order valence-corrected chi connectivity index (χ0v) is 16.0. The summed E-state index contributed by atoms with van der Waals surface area (Å²) in [4.78, 5) is 4.30. The highest BCUT2D eigenvalue weighted by molar-refractivity contribution is 5.85. The molecule has 0 radical (unpaired) electrons. The van der Waals surface area contributed by atoms with Crippen molar-refractivity contribution in [3.63, 3.8) is 0 Å². The highest BCUT2D eigenvalue weighted by Crippen LogP contribution is 2.28. The molecule has 0 amide bonds. The summed E-state index contributed by atoms with van der Waals surface area (Å²) in [5, 5.41) is 3.45. The van der Waals surface area contributed by atoms with Crippen molar-refractivity contribution in [2.24, 2.45) is 0 Å². The summed E-state index contributed by atoms with van der Waals surface area (Å²) in [5.74, 6) is -0.222. The molecule has 0 saturated heterocycles. The minimum absolute atomic E-state index is 0. The maximum Gasteiger partial charge on any atom is 0.123 e. The van der Waals surface area contributed by atoms with E-state index in [1.54, 1.807) is 32.5 Å². The quantitative estimate of drug-likeness (QED) is 0.630. The molecule has 140 valence electrons. The van der Waals surface area contributed by atoms with Gasteiger partial charge in [-0.3, -0.25) is 4.98 Å². The third-order valence-corrected chi connectivity index (χ3v) is 3.67. The minimum atomic E-state index is -0.222. The number of nitrogens with one attached hydrogen (secondary N) is 1. The monoisotopic (exact) mass is 376 g/mol. The van der Waals surface area contributed by atoms with Gasteiger partial charge in [-0.2, -0.15) is 0 Å². The Kier molecular flexibility index (Phi) is 9.34. The lowest BCUT2D eigenvalue weighted by Gasteiger charge is -2.13. The number of aromatic nitrogens is 1. The summed E-state index contributed by atoms with van der Waals surface area (Å²) in [7, 11) is 3.25. The van der Waals surface area contributed by atoms with Crippen LogP contribution < -0.4 is 5.32 Å². The number of hydrogen-bond acceptors (Lipinski definition) is 3. The molecule has 1 aromatic heterocycles. The molecule has 2 aromatic carbocycles. The van der Waals surface area contributed by atoms with Gasteiger partial charge in [0.05, 0.1) is 0 Å². The molecule has 3 nitrogen and oxygen atoms in total. The summed E-state index contributed by atoms with van der Waals surface area (Å²) in [6.45, 7) is 2.71. The number of benzene rings is 2. The number of hydrogen-bond donors (Lipinski definition) is 1. The first-order valence-electron chi connectivity index (χ1n) is 8.05. The van der Waals surface area contributed by atoms with E-state index in [-0.39, 0.29) is 19.7 Å². The molecular formula is C21H26ClFN2O. The second-order valence-electron chi connectivity index (χ2n) is 5.56. The molecule has 3 aromatic rings. The topological polar surface area (TPSA) is 34.1 Å². The Hall–Kier alpha value is -2.43. The van der Waals surface area contributed by atoms with Crippen LogP contribution in [0.15, 0.2) is 66.9 Å². The van der Waals surface area contributed by atoms with E-state index in [0.717, 1.165) is 28.1 Å². The minimum Gasteiger partial charge on any atom is -0.388 e. The average Bonchev–Trinajstić information content (AvgIpc) is 2.63. The van der Waals surface area contributed by atoms with E-state index in [1.807, 2.05) is 37.3 Å². The van der Waals surface area contributed by atoms with Crippen LogP contribution in [0, 0.1) is 12.7 Å². The van der Waals surface area contributed by atoms with Gasteiger partial charge in [0.2, 0.25) is 0 Å². The van der Waals surface area contributed by atoms with Crippen molar-refractivity contribution in [3.05, 3.63) is 83.9 Å². The lowest BCUT2D eigenvalue weighted by Crippen LogP contribution is -2.03. The molecule has 26 heavy (non-hydrogen) atoms. The predicted molar refractivity (Wildman–Crippen MR) is 110 cm³/mol. The van der Waals surface area contributed by atoms with Crippen molar-refractivity contribution < 1.29 is 10.6 Å². The van der Waals surface area contributed by atoms with Crippen LogP contribution in [0.1, 0.15) is 12.7 Å². The van der Waals surface area contributed by atoms with Gasteiger partial charge in [0.25, 0.3) is 0 Å². The molecule has 0 aliphatic rings. The fourth-order valence-corrected chi connectivity index (χ4v) is 2.41. The number of para-hydroxylation sites is 1.